The molecule has 0 spiro atoms. The van der Waals surface area contributed by atoms with E-state index in [0.717, 1.165) is 65.5 Å². The molecule has 0 amide bonds. The molecule has 0 radical (unpaired) electrons. The predicted octanol–water partition coefficient (Wildman–Crippen LogP) is 1.22. The van der Waals surface area contributed by atoms with Crippen molar-refractivity contribution < 1.29 is 9.84 Å². The van der Waals surface area contributed by atoms with Gasteiger partial charge in [0, 0.05) is 36.8 Å². The Balaban J connectivity index is 1.56. The lowest BCUT2D eigenvalue weighted by Gasteiger charge is -2.32. The van der Waals surface area contributed by atoms with Crippen LogP contribution in [0.4, 0.5) is 11.8 Å². The molecule has 5 heterocycles. The van der Waals surface area contributed by atoms with Crippen molar-refractivity contribution in [2.45, 2.75) is 24.9 Å². The van der Waals surface area contributed by atoms with Crippen LogP contribution in [-0.4, -0.2) is 70.0 Å². The van der Waals surface area contributed by atoms with Gasteiger partial charge >= 0.3 is 0 Å². The molecule has 2 aliphatic heterocycles. The average Bonchev–Trinajstić information content (AvgIpc) is 3.16. The number of nitrogen functional groups attached to an aromatic ring is 1. The summed E-state index contributed by atoms with van der Waals surface area (Å²) in [5, 5.41) is 14.3. The van der Waals surface area contributed by atoms with Crippen molar-refractivity contribution in [1.82, 2.24) is 25.3 Å². The van der Waals surface area contributed by atoms with Crippen molar-refractivity contribution in [3.8, 4) is 11.4 Å². The second kappa shape index (κ2) is 8.03. The largest absolute Gasteiger partial charge is 0.389 e. The highest BCUT2D eigenvalue weighted by Gasteiger charge is 2.30. The second-order valence-corrected chi connectivity index (χ2v) is 9.02. The number of anilines is 2. The number of rotatable bonds is 4. The van der Waals surface area contributed by atoms with Crippen LogP contribution < -0.4 is 16.0 Å². The van der Waals surface area contributed by atoms with Gasteiger partial charge in [0.2, 0.25) is 5.95 Å². The lowest BCUT2D eigenvalue weighted by molar-refractivity contribution is 0.0116. The third kappa shape index (κ3) is 3.95. The van der Waals surface area contributed by atoms with E-state index in [9.17, 15) is 5.11 Å². The molecule has 10 heteroatoms. The first-order valence-corrected chi connectivity index (χ1v) is 11.1. The summed E-state index contributed by atoms with van der Waals surface area (Å²) in [6, 6.07) is 2.09. The van der Waals surface area contributed by atoms with Crippen molar-refractivity contribution in [2.24, 2.45) is 0 Å². The first-order valence-electron chi connectivity index (χ1n) is 10.2. The first kappa shape index (κ1) is 19.6. The Morgan fingerprint density at radius 3 is 2.63 bits per heavy atom. The molecule has 3 aromatic rings. The van der Waals surface area contributed by atoms with E-state index in [1.807, 2.05) is 0 Å². The fraction of sp³-hybridized carbons (Fsp3) is 0.500. The quantitative estimate of drug-likeness (QED) is 0.564. The fourth-order valence-corrected chi connectivity index (χ4v) is 5.27. The normalized spacial score (nSPS) is 19.3. The van der Waals surface area contributed by atoms with Gasteiger partial charge in [-0.15, -0.1) is 11.3 Å². The molecule has 2 aliphatic rings. The third-order valence-corrected chi connectivity index (χ3v) is 6.80. The van der Waals surface area contributed by atoms with Crippen LogP contribution in [-0.2, 0) is 11.2 Å². The van der Waals surface area contributed by atoms with Crippen LogP contribution >= 0.6 is 11.3 Å². The van der Waals surface area contributed by atoms with Crippen molar-refractivity contribution in [2.75, 3.05) is 50.0 Å². The fourth-order valence-electron chi connectivity index (χ4n) is 4.02. The summed E-state index contributed by atoms with van der Waals surface area (Å²) in [4.78, 5) is 21.2. The van der Waals surface area contributed by atoms with Gasteiger partial charge in [-0.25, -0.2) is 19.9 Å². The lowest BCUT2D eigenvalue weighted by Crippen LogP contribution is -2.43. The maximum absolute atomic E-state index is 11.0. The van der Waals surface area contributed by atoms with Crippen LogP contribution in [0.25, 0.3) is 21.6 Å². The maximum Gasteiger partial charge on any atom is 0.219 e. The summed E-state index contributed by atoms with van der Waals surface area (Å²) >= 11 is 1.68. The molecule has 0 bridgehead atoms. The Morgan fingerprint density at radius 2 is 1.90 bits per heavy atom. The monoisotopic (exact) mass is 427 g/mol. The highest BCUT2D eigenvalue weighted by molar-refractivity contribution is 7.19. The molecule has 5 rings (SSSR count). The van der Waals surface area contributed by atoms with E-state index < -0.39 is 5.60 Å². The van der Waals surface area contributed by atoms with Crippen LogP contribution in [0.1, 0.15) is 17.7 Å². The highest BCUT2D eigenvalue weighted by atomic mass is 32.1. The van der Waals surface area contributed by atoms with Gasteiger partial charge in [-0.1, -0.05) is 0 Å². The number of aliphatic hydroxyl groups is 1. The van der Waals surface area contributed by atoms with Crippen LogP contribution in [0.15, 0.2) is 18.5 Å². The lowest BCUT2D eigenvalue weighted by atomic mass is 9.88. The predicted molar refractivity (Wildman–Crippen MR) is 117 cm³/mol. The Morgan fingerprint density at radius 1 is 1.17 bits per heavy atom. The first-order chi connectivity index (χ1) is 14.6. The molecule has 2 fully saturated rings. The smallest absolute Gasteiger partial charge is 0.219 e. The van der Waals surface area contributed by atoms with Crippen molar-refractivity contribution in [3.63, 3.8) is 0 Å². The number of nitrogens with two attached hydrogens (primary N) is 1. The number of ether oxygens (including phenoxy) is 1. The van der Waals surface area contributed by atoms with E-state index in [4.69, 9.17) is 20.4 Å². The van der Waals surface area contributed by atoms with E-state index in [1.165, 1.54) is 0 Å². The molecule has 4 N–H and O–H groups in total. The molecule has 0 atom stereocenters. The number of nitrogens with zero attached hydrogens (tertiary/aromatic N) is 5. The minimum Gasteiger partial charge on any atom is -0.389 e. The summed E-state index contributed by atoms with van der Waals surface area (Å²) in [6.07, 6.45) is 5.46. The number of fused-ring (bicyclic) bond motifs is 1. The van der Waals surface area contributed by atoms with Crippen LogP contribution in [0.2, 0.25) is 0 Å². The molecule has 3 aromatic heterocycles. The van der Waals surface area contributed by atoms with Gasteiger partial charge in [0.05, 0.1) is 34.6 Å². The van der Waals surface area contributed by atoms with Gasteiger partial charge < -0.3 is 25.8 Å². The minimum atomic E-state index is -0.660. The van der Waals surface area contributed by atoms with Gasteiger partial charge in [-0.05, 0) is 32.0 Å². The molecular formula is C20H25N7O2S. The summed E-state index contributed by atoms with van der Waals surface area (Å²) in [6.45, 7) is 4.62. The molecule has 0 aliphatic carbocycles. The Kier molecular flexibility index (Phi) is 5.23. The molecule has 0 saturated carbocycles. The number of morpholine rings is 1. The zero-order valence-electron chi connectivity index (χ0n) is 16.7. The number of aromatic nitrogens is 4. The van der Waals surface area contributed by atoms with Gasteiger partial charge in [-0.3, -0.25) is 0 Å². The van der Waals surface area contributed by atoms with E-state index >= 15 is 0 Å². The molecule has 0 unspecified atom stereocenters. The molecular weight excluding hydrogens is 402 g/mol. The van der Waals surface area contributed by atoms with Crippen molar-refractivity contribution in [1.29, 1.82) is 0 Å². The highest BCUT2D eigenvalue weighted by Crippen LogP contribution is 2.36. The van der Waals surface area contributed by atoms with Crippen molar-refractivity contribution >= 4 is 33.3 Å². The standard InChI is InChI=1S/C20H25N7O2S/c21-19-23-11-13(12-24-19)17-25-15-9-14(10-20(28)1-3-22-4-2-20)30-16(15)18(26-17)27-5-7-29-8-6-27/h9,11-12,22,28H,1-8,10H2,(H2,21,23,24). The molecule has 2 saturated heterocycles. The van der Waals surface area contributed by atoms with Crippen LogP contribution in [0.5, 0.6) is 0 Å². The van der Waals surface area contributed by atoms with Crippen molar-refractivity contribution in [3.05, 3.63) is 23.3 Å². The summed E-state index contributed by atoms with van der Waals surface area (Å²) in [7, 11) is 0. The second-order valence-electron chi connectivity index (χ2n) is 7.88. The molecule has 30 heavy (non-hydrogen) atoms. The average molecular weight is 428 g/mol. The van der Waals surface area contributed by atoms with E-state index in [2.05, 4.69) is 26.3 Å². The van der Waals surface area contributed by atoms with Gasteiger partial charge in [0.15, 0.2) is 11.6 Å². The van der Waals surface area contributed by atoms with Crippen LogP contribution in [0, 0.1) is 0 Å². The Hall–Kier alpha value is -2.40. The SMILES string of the molecule is Nc1ncc(-c2nc(N3CCOCC3)c3sc(CC4(O)CCNCC4)cc3n2)cn1. The molecule has 9 nitrogen and oxygen atoms in total. The Labute approximate surface area is 178 Å². The zero-order valence-corrected chi connectivity index (χ0v) is 17.5. The van der Waals surface area contributed by atoms with Crippen LogP contribution in [0.3, 0.4) is 0 Å². The summed E-state index contributed by atoms with van der Waals surface area (Å²) < 4.78 is 6.57. The van der Waals surface area contributed by atoms with Gasteiger partial charge in [-0.2, -0.15) is 0 Å². The number of hydrogen-bond acceptors (Lipinski definition) is 10. The number of nitrogens with one attached hydrogen (secondary N) is 1. The van der Waals surface area contributed by atoms with E-state index in [-0.39, 0.29) is 5.95 Å². The third-order valence-electron chi connectivity index (χ3n) is 5.68. The maximum atomic E-state index is 11.0. The summed E-state index contributed by atoms with van der Waals surface area (Å²) in [5.41, 5.74) is 6.59. The molecule has 0 aromatic carbocycles. The molecule has 158 valence electrons. The van der Waals surface area contributed by atoms with Gasteiger partial charge in [0.1, 0.15) is 0 Å². The number of piperidine rings is 1. The summed E-state index contributed by atoms with van der Waals surface area (Å²) in [5.74, 6) is 1.71. The Bertz CT molecular complexity index is 1030. The van der Waals surface area contributed by atoms with E-state index in [1.54, 1.807) is 23.7 Å². The zero-order chi connectivity index (χ0) is 20.6. The number of thiophene rings is 1. The minimum absolute atomic E-state index is 0.223. The topological polar surface area (TPSA) is 122 Å². The van der Waals surface area contributed by atoms with Gasteiger partial charge in [0.25, 0.3) is 0 Å². The van der Waals surface area contributed by atoms with E-state index in [0.29, 0.717) is 25.5 Å². The number of hydrogen-bond donors (Lipinski definition) is 3.